The highest BCUT2D eigenvalue weighted by atomic mass is 35.5. The number of aromatic nitrogens is 1. The van der Waals surface area contributed by atoms with Gasteiger partial charge in [-0.05, 0) is 42.8 Å². The molecule has 0 bridgehead atoms. The number of amides is 1. The van der Waals surface area contributed by atoms with Gasteiger partial charge in [0.2, 0.25) is 0 Å². The Morgan fingerprint density at radius 2 is 1.85 bits per heavy atom. The summed E-state index contributed by atoms with van der Waals surface area (Å²) in [6.07, 6.45) is 1.67. The van der Waals surface area contributed by atoms with Crippen molar-refractivity contribution in [3.05, 3.63) is 94.8 Å². The molecule has 0 aliphatic carbocycles. The highest BCUT2D eigenvalue weighted by Gasteiger charge is 2.25. The second-order valence-electron chi connectivity index (χ2n) is 6.26. The van der Waals surface area contributed by atoms with Crippen LogP contribution < -0.4 is 4.90 Å². The second-order valence-corrected chi connectivity index (χ2v) is 6.70. The predicted molar refractivity (Wildman–Crippen MR) is 107 cm³/mol. The van der Waals surface area contributed by atoms with Crippen LogP contribution in [0.25, 0.3) is 11.0 Å². The lowest BCUT2D eigenvalue weighted by molar-refractivity contribution is 0.0959. The minimum Gasteiger partial charge on any atom is -0.451 e. The van der Waals surface area contributed by atoms with Crippen LogP contribution >= 0.6 is 11.6 Å². The molecule has 27 heavy (non-hydrogen) atoms. The Morgan fingerprint density at radius 3 is 2.59 bits per heavy atom. The number of hydrogen-bond donors (Lipinski definition) is 0. The number of furan rings is 1. The molecule has 0 spiro atoms. The van der Waals surface area contributed by atoms with E-state index in [1.165, 1.54) is 0 Å². The first-order valence-electron chi connectivity index (χ1n) is 8.59. The first-order valence-corrected chi connectivity index (χ1v) is 8.97. The molecule has 4 aromatic rings. The number of benzene rings is 2. The molecule has 0 radical (unpaired) electrons. The summed E-state index contributed by atoms with van der Waals surface area (Å²) in [4.78, 5) is 19.4. The minimum atomic E-state index is -0.234. The maximum absolute atomic E-state index is 13.4. The molecule has 0 aliphatic heterocycles. The van der Waals surface area contributed by atoms with Gasteiger partial charge in [-0.1, -0.05) is 48.0 Å². The van der Waals surface area contributed by atoms with E-state index in [0.29, 0.717) is 28.7 Å². The lowest BCUT2D eigenvalue weighted by atomic mass is 10.1. The number of carbonyl (C=O) groups excluding carboxylic acids is 1. The Kier molecular flexibility index (Phi) is 4.65. The van der Waals surface area contributed by atoms with Crippen molar-refractivity contribution >= 4 is 34.3 Å². The summed E-state index contributed by atoms with van der Waals surface area (Å²) in [6, 6.07) is 20.7. The fourth-order valence-electron chi connectivity index (χ4n) is 3.06. The van der Waals surface area contributed by atoms with Gasteiger partial charge in [0.1, 0.15) is 11.4 Å². The molecule has 0 saturated heterocycles. The van der Waals surface area contributed by atoms with Crippen molar-refractivity contribution in [3.63, 3.8) is 0 Å². The van der Waals surface area contributed by atoms with Crippen LogP contribution in [-0.2, 0) is 6.54 Å². The lowest BCUT2D eigenvalue weighted by Crippen LogP contribution is -2.31. The molecule has 0 atom stereocenters. The number of aryl methyl sites for hydroxylation is 1. The number of hydrogen-bond acceptors (Lipinski definition) is 3. The smallest absolute Gasteiger partial charge is 0.295 e. The molecule has 5 heteroatoms. The summed E-state index contributed by atoms with van der Waals surface area (Å²) < 4.78 is 5.88. The van der Waals surface area contributed by atoms with Crippen molar-refractivity contribution in [2.24, 2.45) is 0 Å². The van der Waals surface area contributed by atoms with Gasteiger partial charge in [-0.2, -0.15) is 0 Å². The predicted octanol–water partition coefficient (Wildman–Crippen LogP) is 5.64. The van der Waals surface area contributed by atoms with Crippen LogP contribution in [0.3, 0.4) is 0 Å². The van der Waals surface area contributed by atoms with E-state index in [1.807, 2.05) is 61.5 Å². The van der Waals surface area contributed by atoms with E-state index in [9.17, 15) is 4.79 Å². The standard InChI is InChI=1S/C22H17ClN2O2/c1-15-18-13-17(23)10-11-19(18)27-21(15)22(26)25(20-9-5-6-12-24-20)14-16-7-3-2-4-8-16/h2-13H,14H2,1H3. The average molecular weight is 377 g/mol. The summed E-state index contributed by atoms with van der Waals surface area (Å²) in [5.74, 6) is 0.639. The minimum absolute atomic E-state index is 0.234. The Balaban J connectivity index is 1.78. The van der Waals surface area contributed by atoms with E-state index in [1.54, 1.807) is 23.2 Å². The zero-order valence-electron chi connectivity index (χ0n) is 14.7. The second kappa shape index (κ2) is 7.25. The van der Waals surface area contributed by atoms with Crippen LogP contribution in [0.15, 0.2) is 77.3 Å². The number of anilines is 1. The van der Waals surface area contributed by atoms with E-state index in [0.717, 1.165) is 16.5 Å². The van der Waals surface area contributed by atoms with Gasteiger partial charge in [0, 0.05) is 22.2 Å². The normalized spacial score (nSPS) is 10.9. The van der Waals surface area contributed by atoms with E-state index < -0.39 is 0 Å². The Hall–Kier alpha value is -3.11. The SMILES string of the molecule is Cc1c(C(=O)N(Cc2ccccc2)c2ccccn2)oc2ccc(Cl)cc12. The van der Waals surface area contributed by atoms with Crippen molar-refractivity contribution in [2.45, 2.75) is 13.5 Å². The number of pyridine rings is 1. The maximum Gasteiger partial charge on any atom is 0.295 e. The summed E-state index contributed by atoms with van der Waals surface area (Å²) in [6.45, 7) is 2.27. The molecule has 1 amide bonds. The van der Waals surface area contributed by atoms with E-state index >= 15 is 0 Å². The van der Waals surface area contributed by atoms with Crippen LogP contribution in [0.2, 0.25) is 5.02 Å². The van der Waals surface area contributed by atoms with Crippen molar-refractivity contribution in [2.75, 3.05) is 4.90 Å². The third-order valence-corrected chi connectivity index (χ3v) is 4.68. The van der Waals surface area contributed by atoms with Gasteiger partial charge in [-0.25, -0.2) is 4.98 Å². The number of fused-ring (bicyclic) bond motifs is 1. The molecule has 134 valence electrons. The van der Waals surface area contributed by atoms with E-state index in [2.05, 4.69) is 4.98 Å². The van der Waals surface area contributed by atoms with Gasteiger partial charge in [0.25, 0.3) is 5.91 Å². The average Bonchev–Trinajstić information content (AvgIpc) is 3.03. The van der Waals surface area contributed by atoms with Gasteiger partial charge >= 0.3 is 0 Å². The molecular weight excluding hydrogens is 360 g/mol. The largest absolute Gasteiger partial charge is 0.451 e. The Morgan fingerprint density at radius 1 is 1.07 bits per heavy atom. The monoisotopic (exact) mass is 376 g/mol. The third kappa shape index (κ3) is 3.44. The maximum atomic E-state index is 13.4. The van der Waals surface area contributed by atoms with Gasteiger partial charge in [-0.15, -0.1) is 0 Å². The van der Waals surface area contributed by atoms with Crippen LogP contribution in [0.5, 0.6) is 0 Å². The highest BCUT2D eigenvalue weighted by Crippen LogP contribution is 2.30. The first kappa shape index (κ1) is 17.3. The van der Waals surface area contributed by atoms with Crippen LogP contribution in [0.4, 0.5) is 5.82 Å². The quantitative estimate of drug-likeness (QED) is 0.463. The summed E-state index contributed by atoms with van der Waals surface area (Å²) in [7, 11) is 0. The highest BCUT2D eigenvalue weighted by molar-refractivity contribution is 6.31. The number of halogens is 1. The number of carbonyl (C=O) groups is 1. The van der Waals surface area contributed by atoms with Crippen LogP contribution in [0.1, 0.15) is 21.7 Å². The summed E-state index contributed by atoms with van der Waals surface area (Å²) in [5.41, 5.74) is 2.42. The molecule has 2 heterocycles. The molecular formula is C22H17ClN2O2. The zero-order valence-corrected chi connectivity index (χ0v) is 15.5. The van der Waals surface area contributed by atoms with Crippen molar-refractivity contribution in [1.29, 1.82) is 0 Å². The number of rotatable bonds is 4. The van der Waals surface area contributed by atoms with Gasteiger partial charge in [0.05, 0.1) is 6.54 Å². The van der Waals surface area contributed by atoms with E-state index in [4.69, 9.17) is 16.0 Å². The van der Waals surface area contributed by atoms with Crippen LogP contribution in [0, 0.1) is 6.92 Å². The van der Waals surface area contributed by atoms with Crippen molar-refractivity contribution in [3.8, 4) is 0 Å². The van der Waals surface area contributed by atoms with Gasteiger partial charge in [0.15, 0.2) is 5.76 Å². The molecule has 2 aromatic carbocycles. The zero-order chi connectivity index (χ0) is 18.8. The van der Waals surface area contributed by atoms with Gasteiger partial charge in [-0.3, -0.25) is 9.69 Å². The number of nitrogens with zero attached hydrogens (tertiary/aromatic N) is 2. The summed E-state index contributed by atoms with van der Waals surface area (Å²) in [5, 5.41) is 1.45. The third-order valence-electron chi connectivity index (χ3n) is 4.45. The van der Waals surface area contributed by atoms with Crippen molar-refractivity contribution < 1.29 is 9.21 Å². The molecule has 4 nitrogen and oxygen atoms in total. The Bertz CT molecular complexity index is 1090. The first-order chi connectivity index (χ1) is 13.1. The van der Waals surface area contributed by atoms with Crippen LogP contribution in [-0.4, -0.2) is 10.9 Å². The fourth-order valence-corrected chi connectivity index (χ4v) is 3.23. The molecule has 0 unspecified atom stereocenters. The molecule has 2 aromatic heterocycles. The topological polar surface area (TPSA) is 46.3 Å². The lowest BCUT2D eigenvalue weighted by Gasteiger charge is -2.21. The molecule has 0 saturated carbocycles. The molecule has 0 N–H and O–H groups in total. The molecule has 0 fully saturated rings. The van der Waals surface area contributed by atoms with E-state index in [-0.39, 0.29) is 5.91 Å². The fraction of sp³-hybridized carbons (Fsp3) is 0.0909. The summed E-state index contributed by atoms with van der Waals surface area (Å²) >= 11 is 6.10. The Labute approximate surface area is 162 Å². The van der Waals surface area contributed by atoms with Crippen molar-refractivity contribution in [1.82, 2.24) is 4.98 Å². The molecule has 4 rings (SSSR count). The molecule has 0 aliphatic rings. The van der Waals surface area contributed by atoms with Gasteiger partial charge < -0.3 is 4.42 Å².